The molecule has 0 bridgehead atoms. The maximum atomic E-state index is 12.3. The van der Waals surface area contributed by atoms with Crippen molar-refractivity contribution in [3.05, 3.63) is 52.9 Å². The standard InChI is InChI=1S/C14H11NO6.ClH/c1-19-13(17)9-10(15-21-12(9)14(18)20-2)11(16)8-6-4-3-5-7-8;/h3-7H,1-2H3;1H. The van der Waals surface area contributed by atoms with E-state index >= 15 is 0 Å². The molecule has 1 aromatic heterocycles. The topological polar surface area (TPSA) is 95.7 Å². The molecule has 0 saturated heterocycles. The lowest BCUT2D eigenvalue weighted by atomic mass is 10.0. The number of ether oxygens (including phenoxy) is 2. The van der Waals surface area contributed by atoms with Crippen LogP contribution in [0.15, 0.2) is 34.9 Å². The molecular formula is C14H12ClNO6. The predicted octanol–water partition coefficient (Wildman–Crippen LogP) is 1.90. The average Bonchev–Trinajstić information content (AvgIpc) is 2.98. The first-order valence-corrected chi connectivity index (χ1v) is 5.86. The van der Waals surface area contributed by atoms with Gasteiger partial charge < -0.3 is 14.0 Å². The minimum atomic E-state index is -0.921. The fourth-order valence-corrected chi connectivity index (χ4v) is 1.69. The number of methoxy groups -OCH3 is 2. The van der Waals surface area contributed by atoms with Crippen molar-refractivity contribution >= 4 is 30.1 Å². The molecule has 2 aromatic rings. The molecule has 0 atom stereocenters. The molecule has 1 aromatic carbocycles. The Morgan fingerprint density at radius 2 is 1.59 bits per heavy atom. The molecule has 0 unspecified atom stereocenters. The average molecular weight is 326 g/mol. The molecule has 116 valence electrons. The number of hydrogen-bond acceptors (Lipinski definition) is 7. The summed E-state index contributed by atoms with van der Waals surface area (Å²) < 4.78 is 13.8. The van der Waals surface area contributed by atoms with Crippen molar-refractivity contribution in [3.8, 4) is 0 Å². The number of carbonyl (C=O) groups excluding carboxylic acids is 3. The van der Waals surface area contributed by atoms with Crippen molar-refractivity contribution in [3.63, 3.8) is 0 Å². The molecule has 0 aliphatic carbocycles. The Bertz CT molecular complexity index is 695. The Hall–Kier alpha value is -2.67. The van der Waals surface area contributed by atoms with Gasteiger partial charge in [-0.2, -0.15) is 0 Å². The lowest BCUT2D eigenvalue weighted by molar-refractivity contribution is 0.0521. The molecule has 0 spiro atoms. The van der Waals surface area contributed by atoms with E-state index < -0.39 is 23.5 Å². The van der Waals surface area contributed by atoms with Gasteiger partial charge in [0.2, 0.25) is 5.78 Å². The van der Waals surface area contributed by atoms with Gasteiger partial charge >= 0.3 is 11.9 Å². The summed E-state index contributed by atoms with van der Waals surface area (Å²) in [5.74, 6) is -2.86. The van der Waals surface area contributed by atoms with Crippen LogP contribution in [0.5, 0.6) is 0 Å². The second kappa shape index (κ2) is 7.37. The van der Waals surface area contributed by atoms with Crippen molar-refractivity contribution in [1.82, 2.24) is 5.16 Å². The van der Waals surface area contributed by atoms with Crippen LogP contribution in [0, 0.1) is 0 Å². The van der Waals surface area contributed by atoms with Gasteiger partial charge in [0.15, 0.2) is 5.69 Å². The van der Waals surface area contributed by atoms with Crippen LogP contribution in [0.25, 0.3) is 0 Å². The summed E-state index contributed by atoms with van der Waals surface area (Å²) in [6.07, 6.45) is 0. The van der Waals surface area contributed by atoms with E-state index in [1.165, 1.54) is 0 Å². The number of hydrogen-bond donors (Lipinski definition) is 0. The highest BCUT2D eigenvalue weighted by Gasteiger charge is 2.32. The Morgan fingerprint density at radius 3 is 2.14 bits per heavy atom. The number of carbonyl (C=O) groups is 3. The van der Waals surface area contributed by atoms with Crippen LogP contribution in [-0.2, 0) is 9.47 Å². The summed E-state index contributed by atoms with van der Waals surface area (Å²) >= 11 is 0. The van der Waals surface area contributed by atoms with Gasteiger partial charge in [-0.25, -0.2) is 9.59 Å². The minimum absolute atomic E-state index is 0. The lowest BCUT2D eigenvalue weighted by Crippen LogP contribution is -2.14. The number of rotatable bonds is 4. The number of aromatic nitrogens is 1. The van der Waals surface area contributed by atoms with E-state index in [2.05, 4.69) is 14.6 Å². The van der Waals surface area contributed by atoms with Crippen molar-refractivity contribution in [2.45, 2.75) is 0 Å². The molecular weight excluding hydrogens is 314 g/mol. The van der Waals surface area contributed by atoms with E-state index in [1.807, 2.05) is 0 Å². The van der Waals surface area contributed by atoms with Crippen LogP contribution in [0.4, 0.5) is 0 Å². The van der Waals surface area contributed by atoms with Crippen LogP contribution < -0.4 is 0 Å². The minimum Gasteiger partial charge on any atom is -0.465 e. The molecule has 0 saturated carbocycles. The highest BCUT2D eigenvalue weighted by atomic mass is 35.5. The maximum Gasteiger partial charge on any atom is 0.377 e. The first-order valence-electron chi connectivity index (χ1n) is 5.86. The second-order valence-corrected chi connectivity index (χ2v) is 3.91. The maximum absolute atomic E-state index is 12.3. The number of ketones is 1. The quantitative estimate of drug-likeness (QED) is 0.625. The van der Waals surface area contributed by atoms with E-state index in [4.69, 9.17) is 4.52 Å². The summed E-state index contributed by atoms with van der Waals surface area (Å²) in [4.78, 5) is 35.7. The third kappa shape index (κ3) is 3.15. The van der Waals surface area contributed by atoms with E-state index in [0.717, 1.165) is 14.2 Å². The first-order chi connectivity index (χ1) is 10.1. The van der Waals surface area contributed by atoms with Crippen molar-refractivity contribution in [1.29, 1.82) is 0 Å². The zero-order valence-electron chi connectivity index (χ0n) is 11.7. The van der Waals surface area contributed by atoms with E-state index in [9.17, 15) is 14.4 Å². The van der Waals surface area contributed by atoms with E-state index in [0.29, 0.717) is 5.56 Å². The number of nitrogens with zero attached hydrogens (tertiary/aromatic N) is 1. The fraction of sp³-hybridized carbons (Fsp3) is 0.143. The largest absolute Gasteiger partial charge is 0.465 e. The Labute approximate surface area is 131 Å². The van der Waals surface area contributed by atoms with Gasteiger partial charge in [0.1, 0.15) is 5.56 Å². The smallest absolute Gasteiger partial charge is 0.377 e. The predicted molar refractivity (Wildman–Crippen MR) is 76.3 cm³/mol. The molecule has 0 radical (unpaired) electrons. The molecule has 0 fully saturated rings. The molecule has 0 N–H and O–H groups in total. The third-order valence-corrected chi connectivity index (χ3v) is 2.70. The van der Waals surface area contributed by atoms with Crippen LogP contribution in [0.3, 0.4) is 0 Å². The van der Waals surface area contributed by atoms with Crippen LogP contribution in [0.1, 0.15) is 37.0 Å². The van der Waals surface area contributed by atoms with Crippen LogP contribution in [0.2, 0.25) is 0 Å². The summed E-state index contributed by atoms with van der Waals surface area (Å²) in [6.45, 7) is 0. The summed E-state index contributed by atoms with van der Waals surface area (Å²) in [5, 5.41) is 3.50. The molecule has 0 amide bonds. The van der Waals surface area contributed by atoms with Crippen molar-refractivity contribution in [2.24, 2.45) is 0 Å². The molecule has 8 heteroatoms. The van der Waals surface area contributed by atoms with E-state index in [1.54, 1.807) is 30.3 Å². The van der Waals surface area contributed by atoms with Gasteiger partial charge in [-0.3, -0.25) is 4.79 Å². The van der Waals surface area contributed by atoms with Gasteiger partial charge in [0, 0.05) is 5.56 Å². The van der Waals surface area contributed by atoms with Crippen LogP contribution >= 0.6 is 12.4 Å². The Kier molecular flexibility index (Phi) is 5.82. The van der Waals surface area contributed by atoms with E-state index in [-0.39, 0.29) is 23.7 Å². The van der Waals surface area contributed by atoms with Crippen LogP contribution in [-0.4, -0.2) is 37.1 Å². The molecule has 0 aliphatic rings. The van der Waals surface area contributed by atoms with Gasteiger partial charge in [-0.05, 0) is 0 Å². The monoisotopic (exact) mass is 325 g/mol. The number of esters is 2. The molecule has 1 heterocycles. The molecule has 7 nitrogen and oxygen atoms in total. The normalized spacial score (nSPS) is 9.55. The van der Waals surface area contributed by atoms with Gasteiger partial charge in [-0.15, -0.1) is 12.4 Å². The SMILES string of the molecule is COC(=O)c1onc(C(=O)c2ccccc2)c1C(=O)OC.Cl. The zero-order valence-corrected chi connectivity index (χ0v) is 12.5. The molecule has 2 rings (SSSR count). The highest BCUT2D eigenvalue weighted by molar-refractivity contribution is 6.15. The highest BCUT2D eigenvalue weighted by Crippen LogP contribution is 2.20. The molecule has 0 aliphatic heterocycles. The van der Waals surface area contributed by atoms with Crippen molar-refractivity contribution in [2.75, 3.05) is 14.2 Å². The lowest BCUT2D eigenvalue weighted by Gasteiger charge is -2.01. The second-order valence-electron chi connectivity index (χ2n) is 3.91. The third-order valence-electron chi connectivity index (χ3n) is 2.70. The van der Waals surface area contributed by atoms with Crippen molar-refractivity contribution < 1.29 is 28.4 Å². The number of benzene rings is 1. The zero-order chi connectivity index (χ0) is 15.4. The summed E-state index contributed by atoms with van der Waals surface area (Å²) in [5.41, 5.74) is -0.348. The number of halogens is 1. The van der Waals surface area contributed by atoms with Gasteiger partial charge in [0.25, 0.3) is 5.76 Å². The molecule has 22 heavy (non-hydrogen) atoms. The Balaban J connectivity index is 0.00000242. The van der Waals surface area contributed by atoms with Gasteiger partial charge in [-0.1, -0.05) is 35.5 Å². The Morgan fingerprint density at radius 1 is 1.00 bits per heavy atom. The first kappa shape index (κ1) is 17.4. The summed E-state index contributed by atoms with van der Waals surface area (Å²) in [7, 11) is 2.23. The van der Waals surface area contributed by atoms with Gasteiger partial charge in [0.05, 0.1) is 14.2 Å². The summed E-state index contributed by atoms with van der Waals surface area (Å²) in [6, 6.07) is 8.16. The fourth-order valence-electron chi connectivity index (χ4n) is 1.69.